The zero-order chi connectivity index (χ0) is 15.2. The lowest BCUT2D eigenvalue weighted by atomic mass is 10.2. The van der Waals surface area contributed by atoms with E-state index in [4.69, 9.17) is 9.47 Å². The Balaban J connectivity index is 2.17. The predicted octanol–water partition coefficient (Wildman–Crippen LogP) is 3.82. The first kappa shape index (κ1) is 15.4. The van der Waals surface area contributed by atoms with Crippen LogP contribution >= 0.6 is 15.9 Å². The number of hydrogen-bond acceptors (Lipinski definition) is 4. The molecule has 110 valence electrons. The summed E-state index contributed by atoms with van der Waals surface area (Å²) in [6.45, 7) is 0.398. The molecule has 0 aliphatic carbocycles. The lowest BCUT2D eigenvalue weighted by Gasteiger charge is -2.12. The van der Waals surface area contributed by atoms with Crippen molar-refractivity contribution in [1.82, 2.24) is 0 Å². The minimum Gasteiger partial charge on any atom is -0.493 e. The van der Waals surface area contributed by atoms with Crippen LogP contribution in [0.25, 0.3) is 0 Å². The number of hydrogen-bond donors (Lipinski definition) is 0. The standard InChI is InChI=1S/C16H15BrO4/c1-19-15-9-11(16(18)20-2)7-8-14(15)21-10-12-5-3-4-6-13(12)17/h3-9H,10H2,1-2H3. The summed E-state index contributed by atoms with van der Waals surface area (Å²) in [6.07, 6.45) is 0. The highest BCUT2D eigenvalue weighted by Crippen LogP contribution is 2.29. The van der Waals surface area contributed by atoms with E-state index >= 15 is 0 Å². The van der Waals surface area contributed by atoms with Crippen molar-refractivity contribution in [1.29, 1.82) is 0 Å². The Morgan fingerprint density at radius 3 is 2.52 bits per heavy atom. The van der Waals surface area contributed by atoms with Gasteiger partial charge in [-0.3, -0.25) is 0 Å². The molecular weight excluding hydrogens is 336 g/mol. The van der Waals surface area contributed by atoms with E-state index in [-0.39, 0.29) is 0 Å². The van der Waals surface area contributed by atoms with E-state index in [1.807, 2.05) is 24.3 Å². The van der Waals surface area contributed by atoms with Gasteiger partial charge in [0.05, 0.1) is 19.8 Å². The molecule has 0 saturated heterocycles. The highest BCUT2D eigenvalue weighted by molar-refractivity contribution is 9.10. The second-order valence-corrected chi connectivity index (χ2v) is 5.09. The molecule has 0 heterocycles. The first-order chi connectivity index (χ1) is 10.2. The molecule has 2 rings (SSSR count). The zero-order valence-corrected chi connectivity index (χ0v) is 13.3. The number of carbonyl (C=O) groups excluding carboxylic acids is 1. The molecule has 21 heavy (non-hydrogen) atoms. The SMILES string of the molecule is COC(=O)c1ccc(OCc2ccccc2Br)c(OC)c1. The molecule has 0 atom stereocenters. The molecule has 0 unspecified atom stereocenters. The highest BCUT2D eigenvalue weighted by Gasteiger charge is 2.11. The van der Waals surface area contributed by atoms with Crippen molar-refractivity contribution < 1.29 is 19.0 Å². The molecular formula is C16H15BrO4. The summed E-state index contributed by atoms with van der Waals surface area (Å²) in [5, 5.41) is 0. The Morgan fingerprint density at radius 2 is 1.86 bits per heavy atom. The number of carbonyl (C=O) groups is 1. The number of ether oxygens (including phenoxy) is 3. The van der Waals surface area contributed by atoms with Crippen LogP contribution in [0.5, 0.6) is 11.5 Å². The Labute approximate surface area is 131 Å². The fourth-order valence-electron chi connectivity index (χ4n) is 1.80. The number of esters is 1. The third-order valence-corrected chi connectivity index (χ3v) is 3.70. The van der Waals surface area contributed by atoms with Crippen LogP contribution in [0.15, 0.2) is 46.9 Å². The summed E-state index contributed by atoms with van der Waals surface area (Å²) in [7, 11) is 2.87. The smallest absolute Gasteiger partial charge is 0.337 e. The van der Waals surface area contributed by atoms with Crippen molar-refractivity contribution in [3.05, 3.63) is 58.1 Å². The predicted molar refractivity (Wildman–Crippen MR) is 82.8 cm³/mol. The van der Waals surface area contributed by atoms with Crippen molar-refractivity contribution in [2.75, 3.05) is 14.2 Å². The minimum absolute atomic E-state index is 0.398. The van der Waals surface area contributed by atoms with E-state index in [9.17, 15) is 4.79 Å². The number of halogens is 1. The monoisotopic (exact) mass is 350 g/mol. The van der Waals surface area contributed by atoms with Gasteiger partial charge < -0.3 is 14.2 Å². The van der Waals surface area contributed by atoms with Gasteiger partial charge in [-0.05, 0) is 24.3 Å². The van der Waals surface area contributed by atoms with Crippen LogP contribution < -0.4 is 9.47 Å². The molecule has 2 aromatic carbocycles. The second kappa shape index (κ2) is 7.13. The van der Waals surface area contributed by atoms with Gasteiger partial charge in [0.1, 0.15) is 6.61 Å². The maximum Gasteiger partial charge on any atom is 0.337 e. The highest BCUT2D eigenvalue weighted by atomic mass is 79.9. The van der Waals surface area contributed by atoms with Crippen LogP contribution in [-0.4, -0.2) is 20.2 Å². The summed E-state index contributed by atoms with van der Waals surface area (Å²) in [6, 6.07) is 12.8. The molecule has 0 amide bonds. The van der Waals surface area contributed by atoms with E-state index in [0.29, 0.717) is 23.7 Å². The summed E-state index contributed by atoms with van der Waals surface area (Å²) in [4.78, 5) is 11.5. The van der Waals surface area contributed by atoms with E-state index < -0.39 is 5.97 Å². The van der Waals surface area contributed by atoms with Gasteiger partial charge in [-0.25, -0.2) is 4.79 Å². The molecule has 2 aromatic rings. The van der Waals surface area contributed by atoms with E-state index in [0.717, 1.165) is 10.0 Å². The van der Waals surface area contributed by atoms with E-state index in [1.165, 1.54) is 14.2 Å². The van der Waals surface area contributed by atoms with Gasteiger partial charge in [-0.15, -0.1) is 0 Å². The van der Waals surface area contributed by atoms with Crippen molar-refractivity contribution in [2.45, 2.75) is 6.61 Å². The largest absolute Gasteiger partial charge is 0.493 e. The van der Waals surface area contributed by atoms with Crippen LogP contribution in [0.4, 0.5) is 0 Å². The van der Waals surface area contributed by atoms with Crippen LogP contribution in [0.3, 0.4) is 0 Å². The Kier molecular flexibility index (Phi) is 5.22. The molecule has 0 radical (unpaired) electrons. The topological polar surface area (TPSA) is 44.8 Å². The second-order valence-electron chi connectivity index (χ2n) is 4.24. The normalized spacial score (nSPS) is 10.0. The molecule has 4 nitrogen and oxygen atoms in total. The first-order valence-electron chi connectivity index (χ1n) is 6.28. The third kappa shape index (κ3) is 3.76. The van der Waals surface area contributed by atoms with Gasteiger partial charge in [0.15, 0.2) is 11.5 Å². The lowest BCUT2D eigenvalue weighted by Crippen LogP contribution is -2.03. The maximum atomic E-state index is 11.5. The molecule has 0 aliphatic rings. The van der Waals surface area contributed by atoms with Crippen LogP contribution in [0.1, 0.15) is 15.9 Å². The summed E-state index contributed by atoms with van der Waals surface area (Å²) >= 11 is 3.47. The summed E-state index contributed by atoms with van der Waals surface area (Å²) in [5.74, 6) is 0.650. The zero-order valence-electron chi connectivity index (χ0n) is 11.8. The van der Waals surface area contributed by atoms with Gasteiger partial charge in [-0.2, -0.15) is 0 Å². The van der Waals surface area contributed by atoms with Gasteiger partial charge in [0, 0.05) is 10.0 Å². The van der Waals surface area contributed by atoms with Gasteiger partial charge >= 0.3 is 5.97 Å². The quantitative estimate of drug-likeness (QED) is 0.769. The summed E-state index contributed by atoms with van der Waals surface area (Å²) in [5.41, 5.74) is 1.44. The number of benzene rings is 2. The fraction of sp³-hybridized carbons (Fsp3) is 0.188. The van der Waals surface area contributed by atoms with Gasteiger partial charge in [0.2, 0.25) is 0 Å². The van der Waals surface area contributed by atoms with E-state index in [1.54, 1.807) is 18.2 Å². The van der Waals surface area contributed by atoms with Crippen molar-refractivity contribution in [2.24, 2.45) is 0 Å². The van der Waals surface area contributed by atoms with Gasteiger partial charge in [0.25, 0.3) is 0 Å². The molecule has 5 heteroatoms. The molecule has 0 saturated carbocycles. The van der Waals surface area contributed by atoms with Crippen LogP contribution in [0.2, 0.25) is 0 Å². The van der Waals surface area contributed by atoms with Crippen molar-refractivity contribution >= 4 is 21.9 Å². The number of methoxy groups -OCH3 is 2. The van der Waals surface area contributed by atoms with E-state index in [2.05, 4.69) is 20.7 Å². The Morgan fingerprint density at radius 1 is 1.10 bits per heavy atom. The molecule has 0 fully saturated rings. The average molecular weight is 351 g/mol. The molecule has 0 N–H and O–H groups in total. The van der Waals surface area contributed by atoms with Crippen LogP contribution in [-0.2, 0) is 11.3 Å². The fourth-order valence-corrected chi connectivity index (χ4v) is 2.20. The lowest BCUT2D eigenvalue weighted by molar-refractivity contribution is 0.0600. The maximum absolute atomic E-state index is 11.5. The van der Waals surface area contributed by atoms with Crippen molar-refractivity contribution in [3.63, 3.8) is 0 Å². The average Bonchev–Trinajstić information content (AvgIpc) is 2.53. The molecule has 0 aliphatic heterocycles. The van der Waals surface area contributed by atoms with Crippen molar-refractivity contribution in [3.8, 4) is 11.5 Å². The Hall–Kier alpha value is -2.01. The molecule has 0 spiro atoms. The van der Waals surface area contributed by atoms with Crippen LogP contribution in [0, 0.1) is 0 Å². The minimum atomic E-state index is -0.411. The first-order valence-corrected chi connectivity index (χ1v) is 7.07. The number of rotatable bonds is 5. The summed E-state index contributed by atoms with van der Waals surface area (Å²) < 4.78 is 16.7. The Bertz CT molecular complexity index is 640. The molecule has 0 bridgehead atoms. The third-order valence-electron chi connectivity index (χ3n) is 2.93. The van der Waals surface area contributed by atoms with Gasteiger partial charge in [-0.1, -0.05) is 34.1 Å². The molecule has 0 aromatic heterocycles.